The Morgan fingerprint density at radius 1 is 1.16 bits per heavy atom. The first kappa shape index (κ1) is 28.7. The summed E-state index contributed by atoms with van der Waals surface area (Å²) in [5.74, 6) is 1.95. The fraction of sp³-hybridized carbons (Fsp3) is 0.441. The molecule has 7 rings (SSSR count). The van der Waals surface area contributed by atoms with Gasteiger partial charge in [0, 0.05) is 54.3 Å². The number of rotatable bonds is 5. The standard InChI is InChI=1S/C34H36F2N6O2/c1-5-24-27(35)9-6-20-12-23(43)13-25(28(20)24)30-29(36)31-26(14-37-30)32(42-15-21-7-8-22(16-42)38-21)40-33(39-31)44-18-34(3)17-41(4)11-10-19(34)2/h1,6,9,12-14,19,21-22,38,43H,7-8,10-11,15-18H2,2-4H3/t19-,21-,22+,34-/m0/s1. The van der Waals surface area contributed by atoms with E-state index >= 15 is 4.39 Å². The van der Waals surface area contributed by atoms with E-state index in [4.69, 9.17) is 16.1 Å². The zero-order chi connectivity index (χ0) is 30.7. The molecule has 3 aliphatic rings. The lowest BCUT2D eigenvalue weighted by Gasteiger charge is -2.43. The second kappa shape index (κ2) is 10.8. The molecule has 2 bridgehead atoms. The minimum Gasteiger partial charge on any atom is -0.508 e. The van der Waals surface area contributed by atoms with Crippen LogP contribution in [0.15, 0.2) is 30.5 Å². The van der Waals surface area contributed by atoms with Gasteiger partial charge in [0.25, 0.3) is 0 Å². The third-order valence-electron chi connectivity index (χ3n) is 9.91. The summed E-state index contributed by atoms with van der Waals surface area (Å²) in [7, 11) is 2.11. The Labute approximate surface area is 255 Å². The van der Waals surface area contributed by atoms with Gasteiger partial charge in [0.15, 0.2) is 5.82 Å². The number of anilines is 1. The number of piperazine rings is 1. The number of terminal acetylenes is 1. The molecule has 2 N–H and O–H groups in total. The number of nitrogens with zero attached hydrogens (tertiary/aromatic N) is 5. The van der Waals surface area contributed by atoms with Gasteiger partial charge < -0.3 is 25.0 Å². The molecule has 3 saturated heterocycles. The van der Waals surface area contributed by atoms with E-state index in [0.29, 0.717) is 46.6 Å². The highest BCUT2D eigenvalue weighted by Crippen LogP contribution is 2.40. The van der Waals surface area contributed by atoms with Gasteiger partial charge in [0.2, 0.25) is 0 Å². The van der Waals surface area contributed by atoms with Gasteiger partial charge in [-0.3, -0.25) is 4.98 Å². The average Bonchev–Trinajstić information content (AvgIpc) is 3.35. The maximum atomic E-state index is 16.8. The molecule has 5 heterocycles. The van der Waals surface area contributed by atoms with Crippen molar-refractivity contribution in [3.05, 3.63) is 47.7 Å². The van der Waals surface area contributed by atoms with Crippen molar-refractivity contribution >= 4 is 27.5 Å². The molecule has 4 atom stereocenters. The van der Waals surface area contributed by atoms with Crippen LogP contribution in [0.25, 0.3) is 32.9 Å². The predicted molar refractivity (Wildman–Crippen MR) is 167 cm³/mol. The fourth-order valence-corrected chi connectivity index (χ4v) is 7.27. The van der Waals surface area contributed by atoms with Gasteiger partial charge in [0.05, 0.1) is 17.6 Å². The number of halogens is 2. The fourth-order valence-electron chi connectivity index (χ4n) is 7.27. The smallest absolute Gasteiger partial charge is 0.319 e. The minimum absolute atomic E-state index is 0.0256. The summed E-state index contributed by atoms with van der Waals surface area (Å²) in [5.41, 5.74) is -0.0119. The van der Waals surface area contributed by atoms with Crippen molar-refractivity contribution in [1.82, 2.24) is 25.2 Å². The number of hydrogen-bond donors (Lipinski definition) is 2. The number of piperidine rings is 1. The van der Waals surface area contributed by atoms with Crippen LogP contribution in [-0.2, 0) is 0 Å². The molecule has 0 aliphatic carbocycles. The number of fused-ring (bicyclic) bond motifs is 4. The number of phenols is 1. The molecule has 228 valence electrons. The lowest BCUT2D eigenvalue weighted by atomic mass is 9.74. The highest BCUT2D eigenvalue weighted by atomic mass is 19.1. The Balaban J connectivity index is 1.38. The number of aromatic hydroxyl groups is 1. The number of ether oxygens (including phenoxy) is 1. The molecule has 2 aromatic heterocycles. The van der Waals surface area contributed by atoms with E-state index in [1.807, 2.05) is 0 Å². The average molecular weight is 599 g/mol. The highest BCUT2D eigenvalue weighted by molar-refractivity contribution is 6.03. The number of hydrogen-bond acceptors (Lipinski definition) is 8. The van der Waals surface area contributed by atoms with Crippen molar-refractivity contribution in [1.29, 1.82) is 0 Å². The first-order valence-electron chi connectivity index (χ1n) is 15.2. The zero-order valence-electron chi connectivity index (χ0n) is 25.2. The van der Waals surface area contributed by atoms with Crippen molar-refractivity contribution in [2.75, 3.05) is 44.7 Å². The molecule has 10 heteroatoms. The predicted octanol–water partition coefficient (Wildman–Crippen LogP) is 5.11. The van der Waals surface area contributed by atoms with E-state index in [-0.39, 0.29) is 39.5 Å². The van der Waals surface area contributed by atoms with Gasteiger partial charge in [0.1, 0.15) is 28.6 Å². The van der Waals surface area contributed by atoms with Gasteiger partial charge >= 0.3 is 6.01 Å². The normalized spacial score (nSPS) is 25.5. The van der Waals surface area contributed by atoms with E-state index in [9.17, 15) is 9.50 Å². The zero-order valence-corrected chi connectivity index (χ0v) is 25.2. The second-order valence-electron chi connectivity index (χ2n) is 13.1. The molecule has 44 heavy (non-hydrogen) atoms. The molecule has 3 aliphatic heterocycles. The van der Waals surface area contributed by atoms with E-state index in [0.717, 1.165) is 45.4 Å². The third kappa shape index (κ3) is 4.88. The van der Waals surface area contributed by atoms with Crippen LogP contribution in [0.4, 0.5) is 14.6 Å². The van der Waals surface area contributed by atoms with E-state index in [2.05, 4.69) is 51.9 Å². The molecule has 4 aromatic rings. The van der Waals surface area contributed by atoms with Crippen LogP contribution in [0.5, 0.6) is 11.8 Å². The molecular weight excluding hydrogens is 562 g/mol. The van der Waals surface area contributed by atoms with Crippen molar-refractivity contribution in [3.8, 4) is 35.4 Å². The van der Waals surface area contributed by atoms with Crippen molar-refractivity contribution in [3.63, 3.8) is 0 Å². The Kier molecular flexibility index (Phi) is 7.06. The summed E-state index contributed by atoms with van der Waals surface area (Å²) >= 11 is 0. The van der Waals surface area contributed by atoms with E-state index < -0.39 is 11.6 Å². The number of pyridine rings is 1. The molecule has 0 radical (unpaired) electrons. The van der Waals surface area contributed by atoms with Crippen molar-refractivity contribution in [2.24, 2.45) is 11.3 Å². The number of aromatic nitrogens is 3. The van der Waals surface area contributed by atoms with Crippen LogP contribution in [0.3, 0.4) is 0 Å². The Bertz CT molecular complexity index is 1810. The Hall–Kier alpha value is -4.07. The largest absolute Gasteiger partial charge is 0.508 e. The van der Waals surface area contributed by atoms with Crippen LogP contribution in [0.1, 0.15) is 38.7 Å². The minimum atomic E-state index is -0.717. The Morgan fingerprint density at radius 3 is 2.68 bits per heavy atom. The summed E-state index contributed by atoms with van der Waals surface area (Å²) in [4.78, 5) is 18.5. The number of likely N-dealkylation sites (tertiary alicyclic amines) is 1. The van der Waals surface area contributed by atoms with Gasteiger partial charge in [-0.1, -0.05) is 25.8 Å². The molecule has 0 unspecified atom stereocenters. The maximum absolute atomic E-state index is 16.8. The van der Waals surface area contributed by atoms with Crippen LogP contribution < -0.4 is 15.0 Å². The SMILES string of the molecule is C#Cc1c(F)ccc2cc(O)cc(-c3ncc4c(N5C[C@H]6CC[C@@H](C5)N6)nc(OC[C@]5(C)CN(C)CC[C@@H]5C)nc4c3F)c12. The van der Waals surface area contributed by atoms with Gasteiger partial charge in [-0.25, -0.2) is 8.78 Å². The molecule has 0 saturated carbocycles. The topological polar surface area (TPSA) is 86.6 Å². The number of benzene rings is 2. The van der Waals surface area contributed by atoms with E-state index in [1.165, 1.54) is 24.3 Å². The molecule has 3 fully saturated rings. The lowest BCUT2D eigenvalue weighted by Crippen LogP contribution is -2.51. The first-order valence-corrected chi connectivity index (χ1v) is 15.2. The lowest BCUT2D eigenvalue weighted by molar-refractivity contribution is 0.0192. The monoisotopic (exact) mass is 598 g/mol. The molecule has 8 nitrogen and oxygen atoms in total. The number of nitrogens with one attached hydrogen (secondary N) is 1. The molecule has 2 aromatic carbocycles. The van der Waals surface area contributed by atoms with Crippen LogP contribution in [-0.4, -0.2) is 76.9 Å². The van der Waals surface area contributed by atoms with Crippen LogP contribution in [0, 0.1) is 35.3 Å². The molecule has 0 spiro atoms. The van der Waals surface area contributed by atoms with Crippen molar-refractivity contribution in [2.45, 2.75) is 45.2 Å². The first-order chi connectivity index (χ1) is 21.1. The van der Waals surface area contributed by atoms with Crippen molar-refractivity contribution < 1.29 is 18.6 Å². The summed E-state index contributed by atoms with van der Waals surface area (Å²) in [6, 6.07) is 6.32. The molecular formula is C34H36F2N6O2. The highest BCUT2D eigenvalue weighted by Gasteiger charge is 2.38. The second-order valence-corrected chi connectivity index (χ2v) is 13.1. The van der Waals surface area contributed by atoms with E-state index in [1.54, 1.807) is 6.20 Å². The van der Waals surface area contributed by atoms with Crippen LogP contribution in [0.2, 0.25) is 0 Å². The third-order valence-corrected chi connectivity index (χ3v) is 9.91. The summed E-state index contributed by atoms with van der Waals surface area (Å²) < 4.78 is 37.9. The molecule has 0 amide bonds. The van der Waals surface area contributed by atoms with Gasteiger partial charge in [-0.15, -0.1) is 6.42 Å². The van der Waals surface area contributed by atoms with Gasteiger partial charge in [-0.2, -0.15) is 9.97 Å². The summed E-state index contributed by atoms with van der Waals surface area (Å²) in [5, 5.41) is 15.4. The summed E-state index contributed by atoms with van der Waals surface area (Å²) in [6.07, 6.45) is 10.5. The van der Waals surface area contributed by atoms with Gasteiger partial charge in [-0.05, 0) is 62.4 Å². The van der Waals surface area contributed by atoms with Crippen LogP contribution >= 0.6 is 0 Å². The summed E-state index contributed by atoms with van der Waals surface area (Å²) in [6.45, 7) is 8.20. The Morgan fingerprint density at radius 2 is 1.93 bits per heavy atom. The maximum Gasteiger partial charge on any atom is 0.319 e. The number of phenolic OH excluding ortho intramolecular Hbond substituents is 1. The quantitative estimate of drug-likeness (QED) is 0.307.